The maximum Gasteiger partial charge on any atom is 0.307 e. The second-order valence-corrected chi connectivity index (χ2v) is 5.83. The fourth-order valence-corrected chi connectivity index (χ4v) is 2.83. The van der Waals surface area contributed by atoms with E-state index in [1.165, 1.54) is 9.75 Å². The summed E-state index contributed by atoms with van der Waals surface area (Å²) < 4.78 is 0. The van der Waals surface area contributed by atoms with Crippen LogP contribution in [0.25, 0.3) is 0 Å². The summed E-state index contributed by atoms with van der Waals surface area (Å²) in [5.74, 6) is -0.790. The Morgan fingerprint density at radius 3 is 2.53 bits per heavy atom. The highest BCUT2D eigenvalue weighted by Gasteiger charge is 2.06. The van der Waals surface area contributed by atoms with Gasteiger partial charge in [0.25, 0.3) is 0 Å². The third-order valence-corrected chi connectivity index (χ3v) is 3.87. The average molecular weight is 275 g/mol. The molecule has 19 heavy (non-hydrogen) atoms. The smallest absolute Gasteiger partial charge is 0.307 e. The van der Waals surface area contributed by atoms with Gasteiger partial charge >= 0.3 is 5.97 Å². The summed E-state index contributed by atoms with van der Waals surface area (Å²) in [5.41, 5.74) is 1.93. The number of nitrogens with one attached hydrogen (secondary N) is 1. The molecule has 0 atom stereocenters. The number of aliphatic carboxylic acids is 1. The standard InChI is InChI=1S/C15H17NO2S/c1-11-6-7-14(19-11)10-16-9-13-5-3-2-4-12(13)8-15(17)18/h2-7,16H,8-10H2,1H3,(H,17,18). The third kappa shape index (κ3) is 4.19. The van der Waals surface area contributed by atoms with Crippen molar-refractivity contribution in [2.24, 2.45) is 0 Å². The molecule has 0 fully saturated rings. The number of hydrogen-bond donors (Lipinski definition) is 2. The van der Waals surface area contributed by atoms with Crippen LogP contribution in [0.4, 0.5) is 0 Å². The second kappa shape index (κ2) is 6.50. The molecule has 0 aliphatic rings. The van der Waals surface area contributed by atoms with E-state index in [9.17, 15) is 4.79 Å². The minimum atomic E-state index is -0.790. The second-order valence-electron chi connectivity index (χ2n) is 4.46. The van der Waals surface area contributed by atoms with E-state index in [1.54, 1.807) is 11.3 Å². The molecule has 0 bridgehead atoms. The minimum Gasteiger partial charge on any atom is -0.481 e. The number of thiophene rings is 1. The first kappa shape index (κ1) is 13.8. The van der Waals surface area contributed by atoms with E-state index < -0.39 is 5.97 Å². The van der Waals surface area contributed by atoms with E-state index in [4.69, 9.17) is 5.11 Å². The van der Waals surface area contributed by atoms with Gasteiger partial charge in [-0.15, -0.1) is 11.3 Å². The fourth-order valence-electron chi connectivity index (χ4n) is 1.97. The molecule has 0 aliphatic carbocycles. The highest BCUT2D eigenvalue weighted by molar-refractivity contribution is 7.11. The van der Waals surface area contributed by atoms with Crippen molar-refractivity contribution in [1.82, 2.24) is 5.32 Å². The van der Waals surface area contributed by atoms with E-state index in [2.05, 4.69) is 24.4 Å². The van der Waals surface area contributed by atoms with Crippen LogP contribution in [0.15, 0.2) is 36.4 Å². The zero-order valence-corrected chi connectivity index (χ0v) is 11.7. The van der Waals surface area contributed by atoms with Gasteiger partial charge in [0.05, 0.1) is 6.42 Å². The van der Waals surface area contributed by atoms with Gasteiger partial charge in [0.1, 0.15) is 0 Å². The molecule has 0 saturated heterocycles. The van der Waals surface area contributed by atoms with Crippen LogP contribution in [0.1, 0.15) is 20.9 Å². The summed E-state index contributed by atoms with van der Waals surface area (Å²) in [6.07, 6.45) is 0.0793. The highest BCUT2D eigenvalue weighted by Crippen LogP contribution is 2.15. The Kier molecular flexibility index (Phi) is 4.71. The van der Waals surface area contributed by atoms with Crippen molar-refractivity contribution in [3.63, 3.8) is 0 Å². The van der Waals surface area contributed by atoms with Crippen molar-refractivity contribution in [3.8, 4) is 0 Å². The highest BCUT2D eigenvalue weighted by atomic mass is 32.1. The fraction of sp³-hybridized carbons (Fsp3) is 0.267. The van der Waals surface area contributed by atoms with Crippen molar-refractivity contribution in [1.29, 1.82) is 0 Å². The summed E-state index contributed by atoms with van der Waals surface area (Å²) in [7, 11) is 0. The van der Waals surface area contributed by atoms with Gasteiger partial charge in [-0.2, -0.15) is 0 Å². The van der Waals surface area contributed by atoms with Crippen LogP contribution in [0, 0.1) is 6.92 Å². The molecule has 0 spiro atoms. The zero-order chi connectivity index (χ0) is 13.7. The quantitative estimate of drug-likeness (QED) is 0.852. The topological polar surface area (TPSA) is 49.3 Å². The van der Waals surface area contributed by atoms with Gasteiger partial charge < -0.3 is 10.4 Å². The van der Waals surface area contributed by atoms with Gasteiger partial charge in [-0.25, -0.2) is 0 Å². The Morgan fingerprint density at radius 2 is 1.89 bits per heavy atom. The molecule has 0 saturated carbocycles. The Morgan fingerprint density at radius 1 is 1.16 bits per heavy atom. The number of carboxylic acids is 1. The van der Waals surface area contributed by atoms with Crippen LogP contribution in [0.2, 0.25) is 0 Å². The molecule has 0 radical (unpaired) electrons. The minimum absolute atomic E-state index is 0.0793. The molecule has 100 valence electrons. The Hall–Kier alpha value is -1.65. The lowest BCUT2D eigenvalue weighted by atomic mass is 10.0. The number of rotatable bonds is 6. The van der Waals surface area contributed by atoms with Crippen LogP contribution in [-0.2, 0) is 24.3 Å². The normalized spacial score (nSPS) is 10.6. The van der Waals surface area contributed by atoms with Gasteiger partial charge in [0.2, 0.25) is 0 Å². The van der Waals surface area contributed by atoms with Gasteiger partial charge in [-0.05, 0) is 30.2 Å². The van der Waals surface area contributed by atoms with E-state index in [0.717, 1.165) is 17.7 Å². The van der Waals surface area contributed by atoms with Crippen LogP contribution < -0.4 is 5.32 Å². The van der Waals surface area contributed by atoms with Crippen molar-refractivity contribution in [2.45, 2.75) is 26.4 Å². The molecule has 1 heterocycles. The van der Waals surface area contributed by atoms with Gasteiger partial charge in [-0.1, -0.05) is 24.3 Å². The summed E-state index contributed by atoms with van der Waals surface area (Å²) in [6.45, 7) is 3.61. The summed E-state index contributed by atoms with van der Waals surface area (Å²) in [5, 5.41) is 12.2. The monoisotopic (exact) mass is 275 g/mol. The van der Waals surface area contributed by atoms with Crippen molar-refractivity contribution < 1.29 is 9.90 Å². The average Bonchev–Trinajstić information content (AvgIpc) is 2.77. The van der Waals surface area contributed by atoms with E-state index in [-0.39, 0.29) is 6.42 Å². The lowest BCUT2D eigenvalue weighted by Gasteiger charge is -2.08. The Balaban J connectivity index is 1.93. The van der Waals surface area contributed by atoms with Crippen molar-refractivity contribution in [3.05, 3.63) is 57.3 Å². The van der Waals surface area contributed by atoms with Crippen molar-refractivity contribution in [2.75, 3.05) is 0 Å². The summed E-state index contributed by atoms with van der Waals surface area (Å²) >= 11 is 1.78. The third-order valence-electron chi connectivity index (χ3n) is 2.87. The number of carboxylic acid groups (broad SMARTS) is 1. The van der Waals surface area contributed by atoms with Gasteiger partial charge in [0, 0.05) is 22.8 Å². The van der Waals surface area contributed by atoms with Crippen LogP contribution in [-0.4, -0.2) is 11.1 Å². The Labute approximate surface area is 116 Å². The first-order valence-corrected chi connectivity index (χ1v) is 7.01. The lowest BCUT2D eigenvalue weighted by Crippen LogP contribution is -2.14. The molecule has 2 rings (SSSR count). The predicted molar refractivity (Wildman–Crippen MR) is 77.4 cm³/mol. The molecule has 2 N–H and O–H groups in total. The maximum absolute atomic E-state index is 10.8. The van der Waals surface area contributed by atoms with Crippen LogP contribution >= 0.6 is 11.3 Å². The molecule has 0 amide bonds. The predicted octanol–water partition coefficient (Wildman–Crippen LogP) is 2.97. The van der Waals surface area contributed by atoms with Gasteiger partial charge in [0.15, 0.2) is 0 Å². The molecule has 1 aromatic carbocycles. The van der Waals surface area contributed by atoms with Crippen molar-refractivity contribution >= 4 is 17.3 Å². The molecule has 0 unspecified atom stereocenters. The molecular weight excluding hydrogens is 258 g/mol. The number of hydrogen-bond acceptors (Lipinski definition) is 3. The number of aryl methyl sites for hydroxylation is 1. The maximum atomic E-state index is 10.8. The molecule has 4 heteroatoms. The first-order chi connectivity index (χ1) is 9.15. The van der Waals surface area contributed by atoms with E-state index in [0.29, 0.717) is 6.54 Å². The number of carbonyl (C=O) groups is 1. The zero-order valence-electron chi connectivity index (χ0n) is 10.8. The van der Waals surface area contributed by atoms with Gasteiger partial charge in [-0.3, -0.25) is 4.79 Å². The first-order valence-electron chi connectivity index (χ1n) is 6.20. The summed E-state index contributed by atoms with van der Waals surface area (Å²) in [4.78, 5) is 13.4. The largest absolute Gasteiger partial charge is 0.481 e. The van der Waals surface area contributed by atoms with E-state index >= 15 is 0 Å². The SMILES string of the molecule is Cc1ccc(CNCc2ccccc2CC(=O)O)s1. The molecule has 0 aliphatic heterocycles. The Bertz CT molecular complexity index is 563. The van der Waals surface area contributed by atoms with Crippen LogP contribution in [0.3, 0.4) is 0 Å². The molecule has 2 aromatic rings. The lowest BCUT2D eigenvalue weighted by molar-refractivity contribution is -0.136. The van der Waals surface area contributed by atoms with Crippen LogP contribution in [0.5, 0.6) is 0 Å². The molecular formula is C15H17NO2S. The van der Waals surface area contributed by atoms with E-state index in [1.807, 2.05) is 24.3 Å². The molecule has 3 nitrogen and oxygen atoms in total. The summed E-state index contributed by atoms with van der Waals surface area (Å²) in [6, 6.07) is 11.9. The molecule has 1 aromatic heterocycles. The number of benzene rings is 1.